The van der Waals surface area contributed by atoms with Crippen LogP contribution in [-0.2, 0) is 9.59 Å². The smallest absolute Gasteiger partial charge is 0.317 e. The molecule has 0 radical (unpaired) electrons. The molecule has 0 amide bonds. The summed E-state index contributed by atoms with van der Waals surface area (Å²) in [6.45, 7) is 0.266. The standard InChI is InChI=1S/C16H25NO4/c18-14(19)9-17(10-15(20)21)2-1-16-6-11-3-12(7-16)5-13(4-11)8-16/h11-13H,1-10H2,(H,18,19)(H,20,21). The molecule has 0 saturated heterocycles. The fraction of sp³-hybridized carbons (Fsp3) is 0.875. The highest BCUT2D eigenvalue weighted by molar-refractivity contribution is 5.72. The van der Waals surface area contributed by atoms with Gasteiger partial charge in [0.15, 0.2) is 0 Å². The van der Waals surface area contributed by atoms with Crippen molar-refractivity contribution in [1.82, 2.24) is 4.90 Å². The molecule has 4 rings (SSSR count). The second-order valence-corrected chi connectivity index (χ2v) is 7.67. The van der Waals surface area contributed by atoms with Crippen molar-refractivity contribution < 1.29 is 19.8 Å². The van der Waals surface area contributed by atoms with Gasteiger partial charge in [0.25, 0.3) is 0 Å². The molecule has 4 aliphatic carbocycles. The molecule has 2 N–H and O–H groups in total. The highest BCUT2D eigenvalue weighted by Gasteiger charge is 2.50. The van der Waals surface area contributed by atoms with Crippen LogP contribution < -0.4 is 0 Å². The van der Waals surface area contributed by atoms with Gasteiger partial charge >= 0.3 is 11.9 Å². The molecule has 4 bridgehead atoms. The molecule has 0 spiro atoms. The molecule has 4 saturated carbocycles. The van der Waals surface area contributed by atoms with E-state index in [1.165, 1.54) is 38.5 Å². The summed E-state index contributed by atoms with van der Waals surface area (Å²) in [6, 6.07) is 0. The summed E-state index contributed by atoms with van der Waals surface area (Å²) >= 11 is 0. The maximum Gasteiger partial charge on any atom is 0.317 e. The monoisotopic (exact) mass is 295 g/mol. The topological polar surface area (TPSA) is 77.8 Å². The fourth-order valence-electron chi connectivity index (χ4n) is 5.59. The summed E-state index contributed by atoms with van der Waals surface area (Å²) in [5.74, 6) is 0.750. The molecule has 0 atom stereocenters. The SMILES string of the molecule is O=C(O)CN(CCC12CC3CC(CC(C3)C1)C2)CC(=O)O. The number of carboxylic acids is 2. The first-order valence-electron chi connectivity index (χ1n) is 8.10. The van der Waals surface area contributed by atoms with Crippen LogP contribution in [0.1, 0.15) is 44.9 Å². The summed E-state index contributed by atoms with van der Waals surface area (Å²) in [5, 5.41) is 17.8. The van der Waals surface area contributed by atoms with Gasteiger partial charge in [-0.2, -0.15) is 0 Å². The number of nitrogens with zero attached hydrogens (tertiary/aromatic N) is 1. The van der Waals surface area contributed by atoms with Crippen molar-refractivity contribution in [2.45, 2.75) is 44.9 Å². The molecule has 0 heterocycles. The number of hydrogen-bond acceptors (Lipinski definition) is 3. The van der Waals surface area contributed by atoms with Crippen molar-refractivity contribution in [2.75, 3.05) is 19.6 Å². The third-order valence-corrected chi connectivity index (χ3v) is 5.84. The average Bonchev–Trinajstić information content (AvgIpc) is 2.33. The van der Waals surface area contributed by atoms with Crippen molar-refractivity contribution in [3.05, 3.63) is 0 Å². The van der Waals surface area contributed by atoms with Crippen LogP contribution in [0, 0.1) is 23.2 Å². The Bertz CT molecular complexity index is 383. The van der Waals surface area contributed by atoms with Crippen molar-refractivity contribution >= 4 is 11.9 Å². The Labute approximate surface area is 125 Å². The molecule has 0 aliphatic heterocycles. The lowest BCUT2D eigenvalue weighted by Crippen LogP contribution is -2.47. The maximum atomic E-state index is 10.9. The van der Waals surface area contributed by atoms with E-state index in [9.17, 15) is 9.59 Å². The Morgan fingerprint density at radius 3 is 1.71 bits per heavy atom. The van der Waals surface area contributed by atoms with Crippen LogP contribution in [0.5, 0.6) is 0 Å². The normalized spacial score (nSPS) is 37.1. The Kier molecular flexibility index (Phi) is 3.95. The molecule has 21 heavy (non-hydrogen) atoms. The van der Waals surface area contributed by atoms with E-state index in [1.54, 1.807) is 4.90 Å². The van der Waals surface area contributed by atoms with E-state index in [4.69, 9.17) is 10.2 Å². The first-order valence-corrected chi connectivity index (χ1v) is 8.10. The van der Waals surface area contributed by atoms with Crippen LogP contribution in [-0.4, -0.2) is 46.7 Å². The quantitative estimate of drug-likeness (QED) is 0.751. The predicted molar refractivity (Wildman–Crippen MR) is 76.9 cm³/mol. The van der Waals surface area contributed by atoms with Gasteiger partial charge in [0, 0.05) is 0 Å². The van der Waals surface area contributed by atoms with E-state index in [0.717, 1.165) is 24.2 Å². The number of hydrogen-bond donors (Lipinski definition) is 2. The van der Waals surface area contributed by atoms with Crippen molar-refractivity contribution in [2.24, 2.45) is 23.2 Å². The molecule has 0 aromatic heterocycles. The van der Waals surface area contributed by atoms with E-state index in [2.05, 4.69) is 0 Å². The minimum absolute atomic E-state index is 0.168. The Hall–Kier alpha value is -1.10. The molecule has 4 fully saturated rings. The van der Waals surface area contributed by atoms with E-state index >= 15 is 0 Å². The lowest BCUT2D eigenvalue weighted by Gasteiger charge is -2.57. The predicted octanol–water partition coefficient (Wildman–Crippen LogP) is 2.06. The minimum Gasteiger partial charge on any atom is -0.480 e. The maximum absolute atomic E-state index is 10.9. The Morgan fingerprint density at radius 2 is 1.33 bits per heavy atom. The second-order valence-electron chi connectivity index (χ2n) is 7.67. The molecule has 4 aliphatic rings. The highest BCUT2D eigenvalue weighted by atomic mass is 16.4. The van der Waals surface area contributed by atoms with Crippen LogP contribution in [0.15, 0.2) is 0 Å². The highest BCUT2D eigenvalue weighted by Crippen LogP contribution is 2.61. The molecule has 118 valence electrons. The zero-order valence-electron chi connectivity index (χ0n) is 12.5. The van der Waals surface area contributed by atoms with Crippen molar-refractivity contribution in [1.29, 1.82) is 0 Å². The number of carboxylic acid groups (broad SMARTS) is 2. The molecule has 0 aromatic rings. The van der Waals surface area contributed by atoms with Gasteiger partial charge in [0.2, 0.25) is 0 Å². The molecule has 5 nitrogen and oxygen atoms in total. The Morgan fingerprint density at radius 1 is 0.905 bits per heavy atom. The molecule has 0 unspecified atom stereocenters. The minimum atomic E-state index is -0.943. The third-order valence-electron chi connectivity index (χ3n) is 5.84. The van der Waals surface area contributed by atoms with Crippen molar-refractivity contribution in [3.8, 4) is 0 Å². The molecular weight excluding hydrogens is 270 g/mol. The largest absolute Gasteiger partial charge is 0.480 e. The molecule has 5 heteroatoms. The first kappa shape index (κ1) is 14.8. The van der Waals surface area contributed by atoms with Crippen LogP contribution in [0.2, 0.25) is 0 Å². The van der Waals surface area contributed by atoms with E-state index < -0.39 is 11.9 Å². The van der Waals surface area contributed by atoms with Crippen LogP contribution >= 0.6 is 0 Å². The number of carbonyl (C=O) groups is 2. The zero-order valence-corrected chi connectivity index (χ0v) is 12.5. The average molecular weight is 295 g/mol. The van der Waals surface area contributed by atoms with Crippen molar-refractivity contribution in [3.63, 3.8) is 0 Å². The van der Waals surface area contributed by atoms with Gasteiger partial charge in [-0.3, -0.25) is 14.5 Å². The van der Waals surface area contributed by atoms with Crippen LogP contribution in [0.4, 0.5) is 0 Å². The zero-order chi connectivity index (χ0) is 15.0. The number of aliphatic carboxylic acids is 2. The van der Waals surface area contributed by atoms with Gasteiger partial charge in [-0.05, 0) is 74.7 Å². The fourth-order valence-corrected chi connectivity index (χ4v) is 5.59. The first-order chi connectivity index (χ1) is 9.94. The Balaban J connectivity index is 1.60. The van der Waals surface area contributed by atoms with E-state index in [-0.39, 0.29) is 13.1 Å². The van der Waals surface area contributed by atoms with Gasteiger partial charge in [-0.25, -0.2) is 0 Å². The lowest BCUT2D eigenvalue weighted by molar-refractivity contribution is -0.142. The third kappa shape index (κ3) is 3.39. The van der Waals surface area contributed by atoms with Gasteiger partial charge in [-0.1, -0.05) is 0 Å². The van der Waals surface area contributed by atoms with Gasteiger partial charge in [0.05, 0.1) is 13.1 Å². The van der Waals surface area contributed by atoms with Gasteiger partial charge in [0.1, 0.15) is 0 Å². The van der Waals surface area contributed by atoms with E-state index in [0.29, 0.717) is 12.0 Å². The summed E-state index contributed by atoms with van der Waals surface area (Å²) in [5.41, 5.74) is 0.379. The summed E-state index contributed by atoms with van der Waals surface area (Å²) in [6.07, 6.45) is 9.01. The molecule has 0 aromatic carbocycles. The summed E-state index contributed by atoms with van der Waals surface area (Å²) in [4.78, 5) is 23.3. The molecular formula is C16H25NO4. The summed E-state index contributed by atoms with van der Waals surface area (Å²) in [7, 11) is 0. The van der Waals surface area contributed by atoms with Gasteiger partial charge in [-0.15, -0.1) is 0 Å². The summed E-state index contributed by atoms with van der Waals surface area (Å²) < 4.78 is 0. The number of rotatable bonds is 7. The second kappa shape index (κ2) is 5.59. The van der Waals surface area contributed by atoms with Gasteiger partial charge < -0.3 is 10.2 Å². The lowest BCUT2D eigenvalue weighted by atomic mass is 9.49. The van der Waals surface area contributed by atoms with E-state index in [1.807, 2.05) is 0 Å². The van der Waals surface area contributed by atoms with Crippen LogP contribution in [0.25, 0.3) is 0 Å². The van der Waals surface area contributed by atoms with Crippen LogP contribution in [0.3, 0.4) is 0 Å².